The van der Waals surface area contributed by atoms with Crippen molar-refractivity contribution >= 4 is 0 Å². The third-order valence-electron chi connectivity index (χ3n) is 4.49. The van der Waals surface area contributed by atoms with Crippen LogP contribution in [0.4, 0.5) is 0 Å². The van der Waals surface area contributed by atoms with Crippen LogP contribution in [0.15, 0.2) is 0 Å². The summed E-state index contributed by atoms with van der Waals surface area (Å²) >= 11 is 0. The molecule has 0 aromatic rings. The molecule has 1 aliphatic rings. The quantitative estimate of drug-likeness (QED) is 0.494. The Labute approximate surface area is 124 Å². The van der Waals surface area contributed by atoms with Crippen molar-refractivity contribution in [1.82, 2.24) is 4.90 Å². The Hall–Kier alpha value is -0.160. The van der Waals surface area contributed by atoms with Crippen molar-refractivity contribution in [1.29, 1.82) is 0 Å². The molecule has 1 N–H and O–H groups in total. The highest BCUT2D eigenvalue weighted by molar-refractivity contribution is 4.84. The van der Waals surface area contributed by atoms with Gasteiger partial charge < -0.3 is 19.5 Å². The fourth-order valence-corrected chi connectivity index (χ4v) is 3.24. The molecule has 0 atom stereocenters. The van der Waals surface area contributed by atoms with Crippen molar-refractivity contribution in [2.45, 2.75) is 44.9 Å². The SMILES string of the molecule is COCCCN(CCOC)CC1(CO)CCCCCC1. The van der Waals surface area contributed by atoms with E-state index in [4.69, 9.17) is 9.47 Å². The summed E-state index contributed by atoms with van der Waals surface area (Å²) in [6.45, 7) is 4.85. The summed E-state index contributed by atoms with van der Waals surface area (Å²) in [5.74, 6) is 0. The third-order valence-corrected chi connectivity index (χ3v) is 4.49. The monoisotopic (exact) mass is 287 g/mol. The molecule has 1 fully saturated rings. The molecular formula is C16H33NO3. The number of aliphatic hydroxyl groups excluding tert-OH is 1. The van der Waals surface area contributed by atoms with Crippen molar-refractivity contribution in [2.75, 3.05) is 53.7 Å². The first-order chi connectivity index (χ1) is 9.76. The molecule has 1 rings (SSSR count). The minimum absolute atomic E-state index is 0.108. The van der Waals surface area contributed by atoms with E-state index >= 15 is 0 Å². The van der Waals surface area contributed by atoms with Crippen LogP contribution in [0.25, 0.3) is 0 Å². The van der Waals surface area contributed by atoms with Crippen LogP contribution in [-0.4, -0.2) is 63.7 Å². The Balaban J connectivity index is 2.53. The van der Waals surface area contributed by atoms with Crippen LogP contribution >= 0.6 is 0 Å². The van der Waals surface area contributed by atoms with E-state index in [0.29, 0.717) is 6.61 Å². The highest BCUT2D eigenvalue weighted by Gasteiger charge is 2.32. The lowest BCUT2D eigenvalue weighted by molar-refractivity contribution is 0.0439. The average molecular weight is 287 g/mol. The summed E-state index contributed by atoms with van der Waals surface area (Å²) in [4.78, 5) is 2.45. The Morgan fingerprint density at radius 2 is 1.60 bits per heavy atom. The summed E-state index contributed by atoms with van der Waals surface area (Å²) in [5.41, 5.74) is 0.108. The van der Waals surface area contributed by atoms with Crippen LogP contribution in [0.1, 0.15) is 44.9 Å². The maximum atomic E-state index is 9.93. The smallest absolute Gasteiger partial charge is 0.0589 e. The molecule has 0 bridgehead atoms. The van der Waals surface area contributed by atoms with E-state index in [1.807, 2.05) is 0 Å². The first-order valence-corrected chi connectivity index (χ1v) is 8.07. The van der Waals surface area contributed by atoms with Crippen LogP contribution in [0.3, 0.4) is 0 Å². The van der Waals surface area contributed by atoms with Crippen molar-refractivity contribution in [3.05, 3.63) is 0 Å². The third kappa shape index (κ3) is 6.53. The maximum Gasteiger partial charge on any atom is 0.0589 e. The van der Waals surface area contributed by atoms with Crippen LogP contribution in [0.5, 0.6) is 0 Å². The number of nitrogens with zero attached hydrogens (tertiary/aromatic N) is 1. The molecule has 0 amide bonds. The zero-order chi connectivity index (χ0) is 14.7. The molecule has 0 heterocycles. The second kappa shape index (κ2) is 10.6. The van der Waals surface area contributed by atoms with E-state index in [-0.39, 0.29) is 5.41 Å². The molecule has 1 saturated carbocycles. The van der Waals surface area contributed by atoms with Gasteiger partial charge in [-0.2, -0.15) is 0 Å². The summed E-state index contributed by atoms with van der Waals surface area (Å²) in [7, 11) is 3.50. The van der Waals surface area contributed by atoms with Gasteiger partial charge in [-0.25, -0.2) is 0 Å². The Kier molecular flexibility index (Phi) is 9.44. The number of methoxy groups -OCH3 is 2. The minimum atomic E-state index is 0.108. The predicted octanol–water partition coefficient (Wildman–Crippen LogP) is 2.30. The lowest BCUT2D eigenvalue weighted by atomic mass is 9.80. The molecule has 20 heavy (non-hydrogen) atoms. The highest BCUT2D eigenvalue weighted by Crippen LogP contribution is 2.35. The Morgan fingerprint density at radius 1 is 0.950 bits per heavy atom. The summed E-state index contributed by atoms with van der Waals surface area (Å²) < 4.78 is 10.4. The van der Waals surface area contributed by atoms with Crippen LogP contribution in [0.2, 0.25) is 0 Å². The van der Waals surface area contributed by atoms with Gasteiger partial charge >= 0.3 is 0 Å². The summed E-state index contributed by atoms with van der Waals surface area (Å²) in [6, 6.07) is 0. The van der Waals surface area contributed by atoms with Crippen LogP contribution in [0, 0.1) is 5.41 Å². The number of hydrogen-bond acceptors (Lipinski definition) is 4. The van der Waals surface area contributed by atoms with Gasteiger partial charge in [0.05, 0.1) is 6.61 Å². The maximum absolute atomic E-state index is 9.93. The molecule has 4 nitrogen and oxygen atoms in total. The zero-order valence-corrected chi connectivity index (χ0v) is 13.4. The Morgan fingerprint density at radius 3 is 2.15 bits per heavy atom. The molecule has 120 valence electrons. The minimum Gasteiger partial charge on any atom is -0.396 e. The molecule has 0 aromatic heterocycles. The highest BCUT2D eigenvalue weighted by atomic mass is 16.5. The van der Waals surface area contributed by atoms with E-state index in [1.54, 1.807) is 14.2 Å². The molecule has 0 unspecified atom stereocenters. The van der Waals surface area contributed by atoms with Gasteiger partial charge in [0, 0.05) is 52.5 Å². The first-order valence-electron chi connectivity index (χ1n) is 8.07. The Bertz CT molecular complexity index is 228. The molecule has 1 aliphatic carbocycles. The van der Waals surface area contributed by atoms with E-state index in [1.165, 1.54) is 25.7 Å². The number of rotatable bonds is 10. The van der Waals surface area contributed by atoms with Crippen molar-refractivity contribution < 1.29 is 14.6 Å². The fourth-order valence-electron chi connectivity index (χ4n) is 3.24. The molecule has 0 radical (unpaired) electrons. The number of hydrogen-bond donors (Lipinski definition) is 1. The van der Waals surface area contributed by atoms with Gasteiger partial charge in [0.25, 0.3) is 0 Å². The van der Waals surface area contributed by atoms with Crippen LogP contribution < -0.4 is 0 Å². The van der Waals surface area contributed by atoms with Crippen molar-refractivity contribution in [3.8, 4) is 0 Å². The molecule has 0 aromatic carbocycles. The van der Waals surface area contributed by atoms with Gasteiger partial charge in [-0.3, -0.25) is 0 Å². The second-order valence-corrected chi connectivity index (χ2v) is 6.19. The molecule has 0 spiro atoms. The standard InChI is InChI=1S/C16H33NO3/c1-19-12-7-10-17(11-13-20-2)14-16(15-18)8-5-3-4-6-9-16/h18H,3-15H2,1-2H3. The molecular weight excluding hydrogens is 254 g/mol. The lowest BCUT2D eigenvalue weighted by Gasteiger charge is -2.36. The fraction of sp³-hybridized carbons (Fsp3) is 1.00. The normalized spacial score (nSPS) is 19.2. The summed E-state index contributed by atoms with van der Waals surface area (Å²) in [5, 5.41) is 9.93. The topological polar surface area (TPSA) is 41.9 Å². The van der Waals surface area contributed by atoms with Gasteiger partial charge in [0.1, 0.15) is 0 Å². The first kappa shape index (κ1) is 17.9. The van der Waals surface area contributed by atoms with E-state index < -0.39 is 0 Å². The van der Waals surface area contributed by atoms with Gasteiger partial charge in [-0.05, 0) is 19.3 Å². The second-order valence-electron chi connectivity index (χ2n) is 6.19. The number of ether oxygens (including phenoxy) is 2. The van der Waals surface area contributed by atoms with E-state index in [2.05, 4.69) is 4.90 Å². The van der Waals surface area contributed by atoms with Crippen molar-refractivity contribution in [2.24, 2.45) is 5.41 Å². The lowest BCUT2D eigenvalue weighted by Crippen LogP contribution is -2.42. The van der Waals surface area contributed by atoms with Crippen LogP contribution in [-0.2, 0) is 9.47 Å². The largest absolute Gasteiger partial charge is 0.396 e. The van der Waals surface area contributed by atoms with Gasteiger partial charge in [0.15, 0.2) is 0 Å². The average Bonchev–Trinajstić information content (AvgIpc) is 2.71. The van der Waals surface area contributed by atoms with Gasteiger partial charge in [0.2, 0.25) is 0 Å². The zero-order valence-electron chi connectivity index (χ0n) is 13.4. The molecule has 0 aliphatic heterocycles. The van der Waals surface area contributed by atoms with E-state index in [9.17, 15) is 5.11 Å². The van der Waals surface area contributed by atoms with Gasteiger partial charge in [-0.1, -0.05) is 25.7 Å². The van der Waals surface area contributed by atoms with Gasteiger partial charge in [-0.15, -0.1) is 0 Å². The molecule has 4 heteroatoms. The van der Waals surface area contributed by atoms with Crippen molar-refractivity contribution in [3.63, 3.8) is 0 Å². The molecule has 0 saturated heterocycles. The number of aliphatic hydroxyl groups is 1. The van der Waals surface area contributed by atoms with E-state index in [0.717, 1.165) is 52.1 Å². The summed E-state index contributed by atoms with van der Waals surface area (Å²) in [6.07, 6.45) is 8.54. The predicted molar refractivity (Wildman–Crippen MR) is 82.0 cm³/mol.